The van der Waals surface area contributed by atoms with Crippen LogP contribution in [0.5, 0.6) is 0 Å². The number of hydrogen-bond donors (Lipinski definition) is 0. The Morgan fingerprint density at radius 2 is 2.00 bits per heavy atom. The highest BCUT2D eigenvalue weighted by Crippen LogP contribution is 1.92. The standard InChI is InChI=1S/C9H14O3/c1-3-5-8(10)9(11)6-7-12-4-2/h6-7H,3-5H2,1-2H3/b7-6+. The molecule has 0 radical (unpaired) electrons. The molecule has 0 fully saturated rings. The summed E-state index contributed by atoms with van der Waals surface area (Å²) in [6.45, 7) is 4.17. The Morgan fingerprint density at radius 3 is 2.50 bits per heavy atom. The van der Waals surface area contributed by atoms with Crippen molar-refractivity contribution in [2.75, 3.05) is 6.61 Å². The van der Waals surface area contributed by atoms with Gasteiger partial charge in [0.2, 0.25) is 11.6 Å². The second kappa shape index (κ2) is 6.58. The predicted octanol–water partition coefficient (Wildman–Crippen LogP) is 1.47. The lowest BCUT2D eigenvalue weighted by Gasteiger charge is -1.92. The maximum atomic E-state index is 10.9. The summed E-state index contributed by atoms with van der Waals surface area (Å²) in [5.41, 5.74) is 0. The molecule has 0 aliphatic heterocycles. The van der Waals surface area contributed by atoms with E-state index >= 15 is 0 Å². The zero-order chi connectivity index (χ0) is 9.40. The second-order valence-electron chi connectivity index (χ2n) is 2.30. The monoisotopic (exact) mass is 170 g/mol. The van der Waals surface area contributed by atoms with Crippen molar-refractivity contribution < 1.29 is 14.3 Å². The highest BCUT2D eigenvalue weighted by Gasteiger charge is 2.07. The summed E-state index contributed by atoms with van der Waals surface area (Å²) in [5, 5.41) is 0. The molecule has 68 valence electrons. The molecule has 0 atom stereocenters. The van der Waals surface area contributed by atoms with Gasteiger partial charge in [-0.15, -0.1) is 0 Å². The summed E-state index contributed by atoms with van der Waals surface area (Å²) in [4.78, 5) is 21.8. The first kappa shape index (κ1) is 10.9. The van der Waals surface area contributed by atoms with Crippen LogP contribution in [0.25, 0.3) is 0 Å². The summed E-state index contributed by atoms with van der Waals surface area (Å²) in [6, 6.07) is 0. The number of Topliss-reactive ketones (excluding diaryl/α,β-unsaturated/α-hetero) is 1. The molecule has 0 saturated carbocycles. The van der Waals surface area contributed by atoms with Gasteiger partial charge in [-0.25, -0.2) is 0 Å². The van der Waals surface area contributed by atoms with E-state index < -0.39 is 5.78 Å². The van der Waals surface area contributed by atoms with Gasteiger partial charge in [-0.2, -0.15) is 0 Å². The number of carbonyl (C=O) groups is 2. The summed E-state index contributed by atoms with van der Waals surface area (Å²) in [5.74, 6) is -0.834. The van der Waals surface area contributed by atoms with Crippen LogP contribution in [0.1, 0.15) is 26.7 Å². The molecule has 0 aromatic heterocycles. The van der Waals surface area contributed by atoms with E-state index in [1.165, 1.54) is 12.3 Å². The molecule has 0 N–H and O–H groups in total. The molecular formula is C9H14O3. The quantitative estimate of drug-likeness (QED) is 0.344. The first-order valence-electron chi connectivity index (χ1n) is 4.07. The molecule has 3 heteroatoms. The van der Waals surface area contributed by atoms with Crippen LogP contribution >= 0.6 is 0 Å². The van der Waals surface area contributed by atoms with Crippen LogP contribution in [0.15, 0.2) is 12.3 Å². The number of ether oxygens (including phenoxy) is 1. The minimum Gasteiger partial charge on any atom is -0.501 e. The van der Waals surface area contributed by atoms with E-state index in [0.717, 1.165) is 0 Å². The zero-order valence-electron chi connectivity index (χ0n) is 7.50. The molecule has 0 unspecified atom stereocenters. The number of carbonyl (C=O) groups excluding carboxylic acids is 2. The third-order valence-electron chi connectivity index (χ3n) is 1.23. The molecule has 0 aromatic carbocycles. The van der Waals surface area contributed by atoms with E-state index in [1.807, 2.05) is 13.8 Å². The topological polar surface area (TPSA) is 43.4 Å². The maximum absolute atomic E-state index is 10.9. The minimum absolute atomic E-state index is 0.315. The van der Waals surface area contributed by atoms with Gasteiger partial charge in [0.15, 0.2) is 0 Å². The molecular weight excluding hydrogens is 156 g/mol. The van der Waals surface area contributed by atoms with E-state index in [9.17, 15) is 9.59 Å². The van der Waals surface area contributed by atoms with E-state index in [1.54, 1.807) is 0 Å². The lowest BCUT2D eigenvalue weighted by molar-refractivity contribution is -0.133. The van der Waals surface area contributed by atoms with Crippen molar-refractivity contribution in [1.29, 1.82) is 0 Å². The van der Waals surface area contributed by atoms with Crippen LogP contribution < -0.4 is 0 Å². The Balaban J connectivity index is 3.78. The van der Waals surface area contributed by atoms with Crippen molar-refractivity contribution >= 4 is 11.6 Å². The van der Waals surface area contributed by atoms with Crippen molar-refractivity contribution in [2.24, 2.45) is 0 Å². The maximum Gasteiger partial charge on any atom is 0.224 e. The third-order valence-corrected chi connectivity index (χ3v) is 1.23. The molecule has 0 aliphatic rings. The smallest absolute Gasteiger partial charge is 0.224 e. The van der Waals surface area contributed by atoms with E-state index in [-0.39, 0.29) is 5.78 Å². The normalized spacial score (nSPS) is 10.2. The number of rotatable bonds is 6. The lowest BCUT2D eigenvalue weighted by Crippen LogP contribution is -2.09. The fourth-order valence-electron chi connectivity index (χ4n) is 0.649. The predicted molar refractivity (Wildman–Crippen MR) is 45.7 cm³/mol. The average Bonchev–Trinajstić information content (AvgIpc) is 2.05. The summed E-state index contributed by atoms with van der Waals surface area (Å²) < 4.78 is 4.78. The highest BCUT2D eigenvalue weighted by atomic mass is 16.5. The molecule has 3 nitrogen and oxygen atoms in total. The highest BCUT2D eigenvalue weighted by molar-refractivity contribution is 6.41. The SMILES string of the molecule is CCCC(=O)C(=O)/C=C/OCC. The number of hydrogen-bond acceptors (Lipinski definition) is 3. The van der Waals surface area contributed by atoms with Gasteiger partial charge >= 0.3 is 0 Å². The van der Waals surface area contributed by atoms with Gasteiger partial charge in [0.25, 0.3) is 0 Å². The van der Waals surface area contributed by atoms with Gasteiger partial charge in [-0.1, -0.05) is 6.92 Å². The van der Waals surface area contributed by atoms with Crippen LogP contribution in [0.3, 0.4) is 0 Å². The summed E-state index contributed by atoms with van der Waals surface area (Å²) in [7, 11) is 0. The Bertz CT molecular complexity index is 182. The van der Waals surface area contributed by atoms with Gasteiger partial charge < -0.3 is 4.74 Å². The van der Waals surface area contributed by atoms with Gasteiger partial charge in [0.05, 0.1) is 12.9 Å². The van der Waals surface area contributed by atoms with Crippen molar-refractivity contribution in [1.82, 2.24) is 0 Å². The largest absolute Gasteiger partial charge is 0.501 e. The third kappa shape index (κ3) is 4.66. The van der Waals surface area contributed by atoms with E-state index in [2.05, 4.69) is 0 Å². The fourth-order valence-corrected chi connectivity index (χ4v) is 0.649. The molecule has 0 heterocycles. The van der Waals surface area contributed by atoms with Gasteiger partial charge in [-0.05, 0) is 13.3 Å². The molecule has 0 aromatic rings. The van der Waals surface area contributed by atoms with E-state index in [0.29, 0.717) is 19.4 Å². The summed E-state index contributed by atoms with van der Waals surface area (Å²) >= 11 is 0. The van der Waals surface area contributed by atoms with Gasteiger partial charge in [0, 0.05) is 12.5 Å². The lowest BCUT2D eigenvalue weighted by atomic mass is 10.1. The van der Waals surface area contributed by atoms with Crippen molar-refractivity contribution in [3.05, 3.63) is 12.3 Å². The molecule has 0 spiro atoms. The van der Waals surface area contributed by atoms with Gasteiger partial charge in [-0.3, -0.25) is 9.59 Å². The van der Waals surface area contributed by atoms with Crippen molar-refractivity contribution in [2.45, 2.75) is 26.7 Å². The molecule has 0 rings (SSSR count). The Labute approximate surface area is 72.4 Å². The number of ketones is 2. The molecule has 0 aliphatic carbocycles. The Hall–Kier alpha value is -1.12. The van der Waals surface area contributed by atoms with Crippen molar-refractivity contribution in [3.8, 4) is 0 Å². The van der Waals surface area contributed by atoms with Crippen LogP contribution in [-0.2, 0) is 14.3 Å². The van der Waals surface area contributed by atoms with Crippen LogP contribution in [0, 0.1) is 0 Å². The second-order valence-corrected chi connectivity index (χ2v) is 2.30. The van der Waals surface area contributed by atoms with Crippen molar-refractivity contribution in [3.63, 3.8) is 0 Å². The molecule has 0 saturated heterocycles. The first-order valence-corrected chi connectivity index (χ1v) is 4.07. The van der Waals surface area contributed by atoms with Crippen LogP contribution in [0.4, 0.5) is 0 Å². The Kier molecular flexibility index (Phi) is 5.97. The average molecular weight is 170 g/mol. The zero-order valence-corrected chi connectivity index (χ0v) is 7.50. The van der Waals surface area contributed by atoms with Crippen LogP contribution in [-0.4, -0.2) is 18.2 Å². The minimum atomic E-state index is -0.481. The number of allylic oxidation sites excluding steroid dienone is 1. The fraction of sp³-hybridized carbons (Fsp3) is 0.556. The molecule has 0 amide bonds. The first-order chi connectivity index (χ1) is 5.72. The van der Waals surface area contributed by atoms with Crippen LogP contribution in [0.2, 0.25) is 0 Å². The summed E-state index contributed by atoms with van der Waals surface area (Å²) in [6.07, 6.45) is 3.44. The van der Waals surface area contributed by atoms with Gasteiger partial charge in [0.1, 0.15) is 0 Å². The van der Waals surface area contributed by atoms with E-state index in [4.69, 9.17) is 4.74 Å². The molecule has 12 heavy (non-hydrogen) atoms. The Morgan fingerprint density at radius 1 is 1.33 bits per heavy atom. The molecule has 0 bridgehead atoms.